The van der Waals surface area contributed by atoms with Crippen molar-refractivity contribution in [3.8, 4) is 0 Å². The number of aryl methyl sites for hydroxylation is 1. The lowest BCUT2D eigenvalue weighted by atomic mass is 9.98. The molecule has 0 radical (unpaired) electrons. The zero-order valence-electron chi connectivity index (χ0n) is 18.9. The molecule has 0 saturated carbocycles. The normalized spacial score (nSPS) is 19.1. The first-order valence-electron chi connectivity index (χ1n) is 11.0. The number of likely N-dealkylation sites (tertiary alicyclic amines) is 1. The third kappa shape index (κ3) is 6.58. The minimum Gasteiger partial charge on any atom is -0.351 e. The minimum absolute atomic E-state index is 0.115. The van der Waals surface area contributed by atoms with E-state index in [1.54, 1.807) is 17.8 Å². The predicted octanol–water partition coefficient (Wildman–Crippen LogP) is 5.10. The fraction of sp³-hybridized carbons (Fsp3) is 0.440. The molecule has 1 aliphatic rings. The highest BCUT2D eigenvalue weighted by molar-refractivity contribution is 7.99. The van der Waals surface area contributed by atoms with E-state index >= 15 is 0 Å². The molecule has 2 aromatic rings. The number of carbonyl (C=O) groups is 2. The van der Waals surface area contributed by atoms with Crippen LogP contribution in [0.2, 0.25) is 0 Å². The summed E-state index contributed by atoms with van der Waals surface area (Å²) < 4.78 is 0. The van der Waals surface area contributed by atoms with Crippen LogP contribution in [0.25, 0.3) is 0 Å². The van der Waals surface area contributed by atoms with Crippen molar-refractivity contribution in [3.63, 3.8) is 0 Å². The minimum atomic E-state index is -0.156. The lowest BCUT2D eigenvalue weighted by molar-refractivity contribution is -0.114. The van der Waals surface area contributed by atoms with Crippen molar-refractivity contribution >= 4 is 29.3 Å². The Kier molecular flexibility index (Phi) is 8.15. The second-order valence-electron chi connectivity index (χ2n) is 8.43. The molecule has 31 heavy (non-hydrogen) atoms. The molecule has 1 heterocycles. The van der Waals surface area contributed by atoms with Gasteiger partial charge in [0.2, 0.25) is 5.91 Å². The quantitative estimate of drug-likeness (QED) is 0.630. The molecule has 166 valence electrons. The Morgan fingerprint density at radius 3 is 2.39 bits per heavy atom. The van der Waals surface area contributed by atoms with Crippen LogP contribution in [0.5, 0.6) is 0 Å². The van der Waals surface area contributed by atoms with Gasteiger partial charge in [-0.3, -0.25) is 14.5 Å². The Morgan fingerprint density at radius 2 is 1.74 bits per heavy atom. The number of nitrogens with zero attached hydrogens (tertiary/aromatic N) is 1. The van der Waals surface area contributed by atoms with Crippen LogP contribution >= 0.6 is 11.8 Å². The average molecular weight is 440 g/mol. The fourth-order valence-corrected chi connectivity index (χ4v) is 4.98. The van der Waals surface area contributed by atoms with Gasteiger partial charge in [-0.2, -0.15) is 0 Å². The van der Waals surface area contributed by atoms with E-state index in [-0.39, 0.29) is 11.8 Å². The van der Waals surface area contributed by atoms with Gasteiger partial charge in [-0.25, -0.2) is 0 Å². The molecule has 2 amide bonds. The van der Waals surface area contributed by atoms with Gasteiger partial charge in [-0.15, -0.1) is 0 Å². The standard InChI is InChI=1S/C25H33N3O2S/c1-17-8-11-22(12-9-17)31-24-13-10-21(16-23(24)27-20(4)29)25(30)26-14-15-28-18(2)6-5-7-19(28)3/h8-13,16,18-19H,5-7,14-15H2,1-4H3,(H,26,30)(H,27,29)/t18-,19-/m0/s1. The van der Waals surface area contributed by atoms with Crippen molar-refractivity contribution in [1.82, 2.24) is 10.2 Å². The van der Waals surface area contributed by atoms with Crippen molar-refractivity contribution in [2.45, 2.75) is 68.8 Å². The molecule has 0 spiro atoms. The molecular weight excluding hydrogens is 406 g/mol. The summed E-state index contributed by atoms with van der Waals surface area (Å²) in [6, 6.07) is 14.8. The lowest BCUT2D eigenvalue weighted by Crippen LogP contribution is -2.47. The molecule has 0 bridgehead atoms. The molecule has 3 rings (SSSR count). The first-order chi connectivity index (χ1) is 14.8. The Labute approximate surface area is 190 Å². The summed E-state index contributed by atoms with van der Waals surface area (Å²) in [5.41, 5.74) is 2.41. The predicted molar refractivity (Wildman–Crippen MR) is 128 cm³/mol. The number of piperidine rings is 1. The summed E-state index contributed by atoms with van der Waals surface area (Å²) in [5, 5.41) is 5.91. The van der Waals surface area contributed by atoms with Crippen LogP contribution in [0.1, 0.15) is 56.0 Å². The highest BCUT2D eigenvalue weighted by Gasteiger charge is 2.24. The number of nitrogens with one attached hydrogen (secondary N) is 2. The highest BCUT2D eigenvalue weighted by Crippen LogP contribution is 2.34. The van der Waals surface area contributed by atoms with Crippen LogP contribution in [0, 0.1) is 6.92 Å². The van der Waals surface area contributed by atoms with Gasteiger partial charge in [0.05, 0.1) is 5.69 Å². The van der Waals surface area contributed by atoms with Gasteiger partial charge in [-0.05, 0) is 63.9 Å². The average Bonchev–Trinajstić information content (AvgIpc) is 2.72. The Balaban J connectivity index is 1.66. The van der Waals surface area contributed by atoms with Crippen molar-refractivity contribution in [3.05, 3.63) is 53.6 Å². The van der Waals surface area contributed by atoms with Crippen LogP contribution in [0.4, 0.5) is 5.69 Å². The van der Waals surface area contributed by atoms with Crippen LogP contribution in [-0.2, 0) is 4.79 Å². The summed E-state index contributed by atoms with van der Waals surface area (Å²) in [7, 11) is 0. The van der Waals surface area contributed by atoms with Crippen LogP contribution < -0.4 is 10.6 Å². The van der Waals surface area contributed by atoms with E-state index in [0.717, 1.165) is 16.3 Å². The van der Waals surface area contributed by atoms with Crippen LogP contribution in [0.15, 0.2) is 52.3 Å². The fourth-order valence-electron chi connectivity index (χ4n) is 4.10. The zero-order chi connectivity index (χ0) is 22.4. The molecule has 1 aliphatic heterocycles. The molecular formula is C25H33N3O2S. The first-order valence-corrected chi connectivity index (χ1v) is 11.8. The molecule has 1 saturated heterocycles. The maximum absolute atomic E-state index is 12.7. The number of hydrogen-bond donors (Lipinski definition) is 2. The molecule has 0 aromatic heterocycles. The molecule has 2 aromatic carbocycles. The van der Waals surface area contributed by atoms with E-state index in [0.29, 0.717) is 29.9 Å². The topological polar surface area (TPSA) is 61.4 Å². The summed E-state index contributed by atoms with van der Waals surface area (Å²) >= 11 is 1.57. The van der Waals surface area contributed by atoms with Crippen molar-refractivity contribution in [2.75, 3.05) is 18.4 Å². The summed E-state index contributed by atoms with van der Waals surface area (Å²) in [4.78, 5) is 28.9. The third-order valence-corrected chi connectivity index (χ3v) is 6.92. The second kappa shape index (κ2) is 10.8. The van der Waals surface area contributed by atoms with Crippen molar-refractivity contribution in [2.24, 2.45) is 0 Å². The number of rotatable bonds is 7. The molecule has 2 N–H and O–H groups in total. The molecule has 0 unspecified atom stereocenters. The smallest absolute Gasteiger partial charge is 0.251 e. The van der Waals surface area contributed by atoms with Crippen molar-refractivity contribution < 1.29 is 9.59 Å². The first kappa shape index (κ1) is 23.4. The number of benzene rings is 2. The highest BCUT2D eigenvalue weighted by atomic mass is 32.2. The maximum Gasteiger partial charge on any atom is 0.251 e. The van der Waals surface area contributed by atoms with Gasteiger partial charge in [0, 0.05) is 47.5 Å². The third-order valence-electron chi connectivity index (χ3n) is 5.83. The number of carbonyl (C=O) groups excluding carboxylic acids is 2. The largest absolute Gasteiger partial charge is 0.351 e. The zero-order valence-corrected chi connectivity index (χ0v) is 19.7. The van der Waals surface area contributed by atoms with E-state index in [1.807, 2.05) is 12.1 Å². The number of anilines is 1. The van der Waals surface area contributed by atoms with Gasteiger partial charge in [-0.1, -0.05) is 35.9 Å². The summed E-state index contributed by atoms with van der Waals surface area (Å²) in [6.45, 7) is 9.53. The van der Waals surface area contributed by atoms with E-state index in [1.165, 1.54) is 31.7 Å². The Morgan fingerprint density at radius 1 is 1.06 bits per heavy atom. The molecule has 0 aliphatic carbocycles. The van der Waals surface area contributed by atoms with E-state index < -0.39 is 0 Å². The number of hydrogen-bond acceptors (Lipinski definition) is 4. The van der Waals surface area contributed by atoms with Gasteiger partial charge < -0.3 is 10.6 Å². The van der Waals surface area contributed by atoms with Gasteiger partial charge in [0.1, 0.15) is 0 Å². The van der Waals surface area contributed by atoms with E-state index in [4.69, 9.17) is 0 Å². The SMILES string of the molecule is CC(=O)Nc1cc(C(=O)NCCN2[C@@H](C)CCC[C@@H]2C)ccc1Sc1ccc(C)cc1. The van der Waals surface area contributed by atoms with E-state index in [2.05, 4.69) is 60.6 Å². The van der Waals surface area contributed by atoms with Crippen molar-refractivity contribution in [1.29, 1.82) is 0 Å². The molecule has 1 fully saturated rings. The Bertz CT molecular complexity index is 903. The van der Waals surface area contributed by atoms with Gasteiger partial charge >= 0.3 is 0 Å². The van der Waals surface area contributed by atoms with Gasteiger partial charge in [0.25, 0.3) is 5.91 Å². The summed E-state index contributed by atoms with van der Waals surface area (Å²) in [5.74, 6) is -0.271. The molecule has 5 nitrogen and oxygen atoms in total. The van der Waals surface area contributed by atoms with E-state index in [9.17, 15) is 9.59 Å². The van der Waals surface area contributed by atoms with Crippen LogP contribution in [0.3, 0.4) is 0 Å². The van der Waals surface area contributed by atoms with Crippen LogP contribution in [-0.4, -0.2) is 41.9 Å². The summed E-state index contributed by atoms with van der Waals surface area (Å²) in [6.07, 6.45) is 3.72. The second-order valence-corrected chi connectivity index (χ2v) is 9.55. The Hall–Kier alpha value is -2.31. The molecule has 2 atom stereocenters. The number of amides is 2. The lowest BCUT2D eigenvalue weighted by Gasteiger charge is -2.39. The monoisotopic (exact) mass is 439 g/mol. The molecule has 6 heteroatoms. The maximum atomic E-state index is 12.7. The van der Waals surface area contributed by atoms with Gasteiger partial charge in [0.15, 0.2) is 0 Å².